The summed E-state index contributed by atoms with van der Waals surface area (Å²) in [4.78, 5) is 2.63. The summed E-state index contributed by atoms with van der Waals surface area (Å²) >= 11 is 0. The predicted molar refractivity (Wildman–Crippen MR) is 38.9 cm³/mol. The van der Waals surface area contributed by atoms with Crippen LogP contribution >= 0.6 is 0 Å². The van der Waals surface area contributed by atoms with E-state index in [1.165, 1.54) is 0 Å². The van der Waals surface area contributed by atoms with Crippen molar-refractivity contribution in [3.8, 4) is 0 Å². The molecule has 1 aliphatic heterocycles. The van der Waals surface area contributed by atoms with Gasteiger partial charge in [-0.3, -0.25) is 0 Å². The molecule has 0 amide bonds. The highest BCUT2D eigenvalue weighted by molar-refractivity contribution is 4.54. The maximum absolute atomic E-state index is 7.97. The third-order valence-electron chi connectivity index (χ3n) is 1.42. The Hall–Kier alpha value is -0.770. The van der Waals surface area contributed by atoms with E-state index in [2.05, 4.69) is 10.0 Å². The topological polar surface area (TPSA) is 67.2 Å². The first kappa shape index (κ1) is 8.33. The smallest absolute Gasteiger partial charge is 0.157 e. The summed E-state index contributed by atoms with van der Waals surface area (Å²) in [5.74, 6) is 0. The lowest BCUT2D eigenvalue weighted by atomic mass is 10.4. The van der Waals surface area contributed by atoms with Crippen molar-refractivity contribution in [2.75, 3.05) is 19.8 Å². The Morgan fingerprint density at radius 1 is 1.45 bits per heavy atom. The van der Waals surface area contributed by atoms with Crippen LogP contribution in [0.2, 0.25) is 0 Å². The van der Waals surface area contributed by atoms with Crippen LogP contribution in [0.15, 0.2) is 5.11 Å². The fourth-order valence-corrected chi connectivity index (χ4v) is 0.911. The van der Waals surface area contributed by atoms with Crippen LogP contribution in [0, 0.1) is 0 Å². The minimum absolute atomic E-state index is 0.158. The minimum Gasteiger partial charge on any atom is -0.353 e. The van der Waals surface area contributed by atoms with Crippen molar-refractivity contribution in [1.29, 1.82) is 0 Å². The molecule has 5 heteroatoms. The van der Waals surface area contributed by atoms with Crippen molar-refractivity contribution in [3.63, 3.8) is 0 Å². The second-order valence-corrected chi connectivity index (χ2v) is 2.27. The third kappa shape index (κ3) is 3.23. The fraction of sp³-hybridized carbons (Fsp3) is 1.00. The molecular weight excluding hydrogens is 146 g/mol. The molecule has 0 aliphatic carbocycles. The van der Waals surface area contributed by atoms with Crippen LogP contribution in [0.5, 0.6) is 0 Å². The summed E-state index contributed by atoms with van der Waals surface area (Å²) in [6.45, 7) is 1.95. The van der Waals surface area contributed by atoms with Gasteiger partial charge in [-0.1, -0.05) is 5.11 Å². The Balaban J connectivity index is 2.09. The summed E-state index contributed by atoms with van der Waals surface area (Å²) in [7, 11) is 0. The molecule has 0 N–H and O–H groups in total. The first-order valence-corrected chi connectivity index (χ1v) is 3.67. The minimum atomic E-state index is -0.158. The van der Waals surface area contributed by atoms with E-state index in [4.69, 9.17) is 15.0 Å². The average molecular weight is 157 g/mol. The summed E-state index contributed by atoms with van der Waals surface area (Å²) in [5, 5.41) is 3.39. The summed E-state index contributed by atoms with van der Waals surface area (Å²) in [5.41, 5.74) is 7.97. The summed E-state index contributed by atoms with van der Waals surface area (Å²) in [6, 6.07) is 0. The Labute approximate surface area is 64.9 Å². The van der Waals surface area contributed by atoms with Gasteiger partial charge >= 0.3 is 0 Å². The van der Waals surface area contributed by atoms with E-state index < -0.39 is 0 Å². The van der Waals surface area contributed by atoms with Gasteiger partial charge in [-0.2, -0.15) is 0 Å². The fourth-order valence-electron chi connectivity index (χ4n) is 0.911. The van der Waals surface area contributed by atoms with Crippen molar-refractivity contribution >= 4 is 0 Å². The van der Waals surface area contributed by atoms with Gasteiger partial charge in [0.25, 0.3) is 0 Å². The van der Waals surface area contributed by atoms with Crippen molar-refractivity contribution in [1.82, 2.24) is 0 Å². The van der Waals surface area contributed by atoms with Crippen LogP contribution < -0.4 is 0 Å². The van der Waals surface area contributed by atoms with Gasteiger partial charge in [0.2, 0.25) is 0 Å². The Morgan fingerprint density at radius 3 is 2.82 bits per heavy atom. The number of hydrogen-bond donors (Lipinski definition) is 0. The van der Waals surface area contributed by atoms with Gasteiger partial charge < -0.3 is 9.47 Å². The molecule has 5 nitrogen and oxygen atoms in total. The van der Waals surface area contributed by atoms with E-state index >= 15 is 0 Å². The standard InChI is InChI=1S/C6H11N3O2/c7-9-8-3-2-6-10-4-1-5-11-6/h6H,1-5H2. The molecule has 1 saturated heterocycles. The van der Waals surface area contributed by atoms with Crippen LogP contribution in [0.3, 0.4) is 0 Å². The van der Waals surface area contributed by atoms with Crippen molar-refractivity contribution in [2.45, 2.75) is 19.1 Å². The van der Waals surface area contributed by atoms with E-state index in [1.54, 1.807) is 0 Å². The molecule has 0 spiro atoms. The lowest BCUT2D eigenvalue weighted by Gasteiger charge is -2.22. The largest absolute Gasteiger partial charge is 0.353 e. The highest BCUT2D eigenvalue weighted by Gasteiger charge is 2.12. The van der Waals surface area contributed by atoms with Crippen LogP contribution in [-0.2, 0) is 9.47 Å². The molecule has 0 aromatic carbocycles. The summed E-state index contributed by atoms with van der Waals surface area (Å²) < 4.78 is 10.4. The molecule has 1 heterocycles. The van der Waals surface area contributed by atoms with Gasteiger partial charge in [-0.05, 0) is 12.0 Å². The molecule has 11 heavy (non-hydrogen) atoms. The first-order chi connectivity index (χ1) is 5.43. The van der Waals surface area contributed by atoms with Crippen LogP contribution in [0.25, 0.3) is 10.4 Å². The van der Waals surface area contributed by atoms with Gasteiger partial charge in [-0.25, -0.2) is 0 Å². The first-order valence-electron chi connectivity index (χ1n) is 3.67. The second kappa shape index (κ2) is 4.96. The Bertz CT molecular complexity index is 150. The molecule has 1 fully saturated rings. The molecule has 0 aromatic rings. The highest BCUT2D eigenvalue weighted by atomic mass is 16.7. The van der Waals surface area contributed by atoms with E-state index in [0.29, 0.717) is 13.0 Å². The Kier molecular flexibility index (Phi) is 3.75. The molecule has 62 valence electrons. The number of rotatable bonds is 3. The van der Waals surface area contributed by atoms with E-state index in [1.807, 2.05) is 0 Å². The van der Waals surface area contributed by atoms with Crippen molar-refractivity contribution in [3.05, 3.63) is 10.4 Å². The number of azide groups is 1. The maximum atomic E-state index is 7.97. The van der Waals surface area contributed by atoms with E-state index in [0.717, 1.165) is 19.6 Å². The SMILES string of the molecule is [N-]=[N+]=NCCC1OCCCO1. The molecular formula is C6H11N3O2. The molecule has 1 aliphatic rings. The van der Waals surface area contributed by atoms with Gasteiger partial charge in [0, 0.05) is 17.9 Å². The summed E-state index contributed by atoms with van der Waals surface area (Å²) in [6.07, 6.45) is 1.46. The highest BCUT2D eigenvalue weighted by Crippen LogP contribution is 2.07. The average Bonchev–Trinajstić information content (AvgIpc) is 2.07. The number of ether oxygens (including phenoxy) is 2. The zero-order valence-electron chi connectivity index (χ0n) is 6.27. The van der Waals surface area contributed by atoms with E-state index in [9.17, 15) is 0 Å². The molecule has 0 atom stereocenters. The van der Waals surface area contributed by atoms with Gasteiger partial charge in [0.1, 0.15) is 0 Å². The van der Waals surface area contributed by atoms with Crippen molar-refractivity contribution in [2.24, 2.45) is 5.11 Å². The van der Waals surface area contributed by atoms with Crippen LogP contribution in [0.4, 0.5) is 0 Å². The molecule has 0 saturated carbocycles. The zero-order valence-corrected chi connectivity index (χ0v) is 6.27. The van der Waals surface area contributed by atoms with Gasteiger partial charge in [-0.15, -0.1) is 0 Å². The third-order valence-corrected chi connectivity index (χ3v) is 1.42. The second-order valence-electron chi connectivity index (χ2n) is 2.27. The van der Waals surface area contributed by atoms with Gasteiger partial charge in [0.15, 0.2) is 6.29 Å². The lowest BCUT2D eigenvalue weighted by Crippen LogP contribution is -2.25. The monoisotopic (exact) mass is 157 g/mol. The predicted octanol–water partition coefficient (Wildman–Crippen LogP) is 1.45. The van der Waals surface area contributed by atoms with Crippen LogP contribution in [-0.4, -0.2) is 26.0 Å². The Morgan fingerprint density at radius 2 is 2.18 bits per heavy atom. The van der Waals surface area contributed by atoms with Gasteiger partial charge in [0.05, 0.1) is 13.2 Å². The molecule has 0 bridgehead atoms. The van der Waals surface area contributed by atoms with E-state index in [-0.39, 0.29) is 6.29 Å². The molecule has 0 aromatic heterocycles. The zero-order chi connectivity index (χ0) is 7.94. The molecule has 0 radical (unpaired) electrons. The van der Waals surface area contributed by atoms with Crippen molar-refractivity contribution < 1.29 is 9.47 Å². The normalized spacial score (nSPS) is 19.3. The molecule has 0 unspecified atom stereocenters. The maximum Gasteiger partial charge on any atom is 0.157 e. The number of hydrogen-bond acceptors (Lipinski definition) is 3. The quantitative estimate of drug-likeness (QED) is 0.353. The molecule has 1 rings (SSSR count). The van der Waals surface area contributed by atoms with Crippen LogP contribution in [0.1, 0.15) is 12.8 Å². The number of nitrogens with zero attached hydrogens (tertiary/aromatic N) is 3. The lowest BCUT2D eigenvalue weighted by molar-refractivity contribution is -0.179.